The van der Waals surface area contributed by atoms with Crippen LogP contribution in [0.1, 0.15) is 10.5 Å². The van der Waals surface area contributed by atoms with E-state index in [1.165, 1.54) is 16.9 Å². The fraction of sp³-hybridized carbons (Fsp3) is 0.118. The van der Waals surface area contributed by atoms with Crippen molar-refractivity contribution in [2.24, 2.45) is 0 Å². The number of aromatic amines is 1. The van der Waals surface area contributed by atoms with Crippen LogP contribution in [0.4, 0.5) is 18.9 Å². The molecule has 1 aromatic heterocycles. The molecule has 3 N–H and O–H groups in total. The molecule has 10 heteroatoms. The third-order valence-electron chi connectivity index (χ3n) is 3.66. The molecular formula is C17H14F3N3O3S. The van der Waals surface area contributed by atoms with Crippen molar-refractivity contribution in [2.45, 2.75) is 11.1 Å². The Kier molecular flexibility index (Phi) is 4.94. The molecule has 0 aliphatic heterocycles. The highest BCUT2D eigenvalue weighted by Gasteiger charge is 2.30. The van der Waals surface area contributed by atoms with Crippen LogP contribution >= 0.6 is 0 Å². The number of sulfonamides is 1. The van der Waals surface area contributed by atoms with Crippen LogP contribution in [0, 0.1) is 0 Å². The molecule has 3 rings (SSSR count). The third kappa shape index (κ3) is 4.66. The van der Waals surface area contributed by atoms with Gasteiger partial charge in [0.2, 0.25) is 10.0 Å². The Morgan fingerprint density at radius 3 is 2.33 bits per heavy atom. The van der Waals surface area contributed by atoms with Gasteiger partial charge in [0, 0.05) is 16.6 Å². The Morgan fingerprint density at radius 2 is 1.70 bits per heavy atom. The number of anilines is 1. The highest BCUT2D eigenvalue weighted by Crippen LogP contribution is 2.19. The molecule has 0 bridgehead atoms. The number of fused-ring (bicyclic) bond motifs is 1. The standard InChI is InChI=1S/C17H14F3N3O3S/c18-17(19,20)10-21-27(25,26)13-7-5-12(6-8-13)22-16(24)15-9-11-3-1-2-4-14(11)23-15/h1-9,21,23H,10H2,(H,22,24). The normalized spacial score (nSPS) is 12.3. The van der Waals surface area contributed by atoms with Gasteiger partial charge in [-0.15, -0.1) is 0 Å². The lowest BCUT2D eigenvalue weighted by molar-refractivity contribution is -0.121. The molecule has 2 aromatic carbocycles. The summed E-state index contributed by atoms with van der Waals surface area (Å²) in [6.45, 7) is -1.66. The number of nitrogens with one attached hydrogen (secondary N) is 3. The first-order chi connectivity index (χ1) is 12.6. The molecule has 1 heterocycles. The van der Waals surface area contributed by atoms with Gasteiger partial charge in [0.05, 0.1) is 4.90 Å². The number of aromatic nitrogens is 1. The zero-order valence-corrected chi connectivity index (χ0v) is 14.5. The molecule has 0 atom stereocenters. The van der Waals surface area contributed by atoms with Crippen LogP contribution in [0.5, 0.6) is 0 Å². The second-order valence-corrected chi connectivity index (χ2v) is 7.46. The molecule has 142 valence electrons. The lowest BCUT2D eigenvalue weighted by Crippen LogP contribution is -2.33. The molecule has 6 nitrogen and oxygen atoms in total. The van der Waals surface area contributed by atoms with E-state index in [0.717, 1.165) is 23.0 Å². The molecule has 0 unspecified atom stereocenters. The molecule has 0 spiro atoms. The number of H-pyrrole nitrogens is 1. The molecule has 0 saturated heterocycles. The molecule has 0 aliphatic carbocycles. The van der Waals surface area contributed by atoms with Gasteiger partial charge in [-0.2, -0.15) is 13.2 Å². The van der Waals surface area contributed by atoms with Gasteiger partial charge in [0.1, 0.15) is 12.2 Å². The van der Waals surface area contributed by atoms with Gasteiger partial charge < -0.3 is 10.3 Å². The highest BCUT2D eigenvalue weighted by molar-refractivity contribution is 7.89. The minimum absolute atomic E-state index is 0.299. The molecule has 0 aliphatic rings. The molecular weight excluding hydrogens is 383 g/mol. The van der Waals surface area contributed by atoms with Gasteiger partial charge in [-0.05, 0) is 36.4 Å². The zero-order valence-electron chi connectivity index (χ0n) is 13.7. The van der Waals surface area contributed by atoms with E-state index < -0.39 is 28.7 Å². The van der Waals surface area contributed by atoms with E-state index in [2.05, 4.69) is 10.3 Å². The van der Waals surface area contributed by atoms with E-state index in [9.17, 15) is 26.4 Å². The summed E-state index contributed by atoms with van der Waals surface area (Å²) in [5.41, 5.74) is 1.41. The summed E-state index contributed by atoms with van der Waals surface area (Å²) in [7, 11) is -4.30. The summed E-state index contributed by atoms with van der Waals surface area (Å²) in [5, 5.41) is 3.45. The van der Waals surface area contributed by atoms with E-state index in [-0.39, 0.29) is 4.90 Å². The average Bonchev–Trinajstić information content (AvgIpc) is 3.04. The number of rotatable bonds is 5. The number of alkyl halides is 3. The smallest absolute Gasteiger partial charge is 0.351 e. The Labute approximate surface area is 152 Å². The van der Waals surface area contributed by atoms with Crippen molar-refractivity contribution in [3.05, 3.63) is 60.3 Å². The fourth-order valence-electron chi connectivity index (χ4n) is 2.37. The molecule has 0 radical (unpaired) electrons. The van der Waals surface area contributed by atoms with Gasteiger partial charge in [-0.1, -0.05) is 18.2 Å². The quantitative estimate of drug-likeness (QED) is 0.617. The topological polar surface area (TPSA) is 91.1 Å². The molecule has 0 saturated carbocycles. The number of benzene rings is 2. The van der Waals surface area contributed by atoms with Crippen molar-refractivity contribution in [1.82, 2.24) is 9.71 Å². The van der Waals surface area contributed by atoms with Gasteiger partial charge >= 0.3 is 6.18 Å². The first kappa shape index (κ1) is 18.9. The van der Waals surface area contributed by atoms with E-state index >= 15 is 0 Å². The van der Waals surface area contributed by atoms with E-state index in [1.807, 2.05) is 24.3 Å². The van der Waals surface area contributed by atoms with Gasteiger partial charge in [-0.3, -0.25) is 4.79 Å². The van der Waals surface area contributed by atoms with E-state index in [1.54, 1.807) is 6.07 Å². The van der Waals surface area contributed by atoms with Crippen LogP contribution in [-0.4, -0.2) is 32.0 Å². The number of hydrogen-bond acceptors (Lipinski definition) is 3. The Bertz CT molecular complexity index is 1040. The van der Waals surface area contributed by atoms with Crippen molar-refractivity contribution in [3.63, 3.8) is 0 Å². The predicted molar refractivity (Wildman–Crippen MR) is 93.9 cm³/mol. The maximum atomic E-state index is 12.3. The van der Waals surface area contributed by atoms with Gasteiger partial charge in [0.15, 0.2) is 0 Å². The number of carbonyl (C=O) groups is 1. The number of carbonyl (C=O) groups excluding carboxylic acids is 1. The zero-order chi connectivity index (χ0) is 19.7. The molecule has 27 heavy (non-hydrogen) atoms. The average molecular weight is 397 g/mol. The predicted octanol–water partition coefficient (Wildman–Crippen LogP) is 3.26. The minimum atomic E-state index is -4.65. The van der Waals surface area contributed by atoms with Crippen LogP contribution in [0.25, 0.3) is 10.9 Å². The number of para-hydroxylation sites is 1. The van der Waals surface area contributed by atoms with Crippen molar-refractivity contribution in [1.29, 1.82) is 0 Å². The van der Waals surface area contributed by atoms with Crippen molar-refractivity contribution in [3.8, 4) is 0 Å². The largest absolute Gasteiger partial charge is 0.402 e. The van der Waals surface area contributed by atoms with Crippen LogP contribution in [0.2, 0.25) is 0 Å². The van der Waals surface area contributed by atoms with Crippen molar-refractivity contribution in [2.75, 3.05) is 11.9 Å². The van der Waals surface area contributed by atoms with Gasteiger partial charge in [-0.25, -0.2) is 13.1 Å². The highest BCUT2D eigenvalue weighted by atomic mass is 32.2. The van der Waals surface area contributed by atoms with E-state index in [4.69, 9.17) is 0 Å². The van der Waals surface area contributed by atoms with E-state index in [0.29, 0.717) is 11.4 Å². The first-order valence-electron chi connectivity index (χ1n) is 7.70. The first-order valence-corrected chi connectivity index (χ1v) is 9.18. The lowest BCUT2D eigenvalue weighted by Gasteiger charge is -2.10. The van der Waals surface area contributed by atoms with Gasteiger partial charge in [0.25, 0.3) is 5.91 Å². The Balaban J connectivity index is 1.70. The fourth-order valence-corrected chi connectivity index (χ4v) is 3.39. The molecule has 1 amide bonds. The van der Waals surface area contributed by atoms with Crippen LogP contribution in [0.3, 0.4) is 0 Å². The summed E-state index contributed by atoms with van der Waals surface area (Å²) >= 11 is 0. The maximum Gasteiger partial charge on any atom is 0.402 e. The second-order valence-electron chi connectivity index (χ2n) is 5.69. The maximum absolute atomic E-state index is 12.3. The summed E-state index contributed by atoms with van der Waals surface area (Å²) in [5.74, 6) is -0.433. The summed E-state index contributed by atoms with van der Waals surface area (Å²) < 4.78 is 61.6. The number of halogens is 3. The number of hydrogen-bond donors (Lipinski definition) is 3. The van der Waals surface area contributed by atoms with Crippen LogP contribution < -0.4 is 10.0 Å². The van der Waals surface area contributed by atoms with Crippen LogP contribution in [-0.2, 0) is 10.0 Å². The Hall–Kier alpha value is -2.85. The summed E-state index contributed by atoms with van der Waals surface area (Å²) in [6.07, 6.45) is -4.65. The second kappa shape index (κ2) is 7.05. The molecule has 0 fully saturated rings. The van der Waals surface area contributed by atoms with Crippen molar-refractivity contribution < 1.29 is 26.4 Å². The number of amides is 1. The summed E-state index contributed by atoms with van der Waals surface area (Å²) in [4.78, 5) is 14.9. The monoisotopic (exact) mass is 397 g/mol. The third-order valence-corrected chi connectivity index (χ3v) is 5.08. The lowest BCUT2D eigenvalue weighted by atomic mass is 10.2. The van der Waals surface area contributed by atoms with Crippen molar-refractivity contribution >= 4 is 32.5 Å². The summed E-state index contributed by atoms with van der Waals surface area (Å²) in [6, 6.07) is 13.8. The SMILES string of the molecule is O=C(Nc1ccc(S(=O)(=O)NCC(F)(F)F)cc1)c1cc2ccccc2[nH]1. The molecule has 3 aromatic rings. The van der Waals surface area contributed by atoms with Crippen LogP contribution in [0.15, 0.2) is 59.5 Å². The Morgan fingerprint density at radius 1 is 1.04 bits per heavy atom. The minimum Gasteiger partial charge on any atom is -0.351 e.